The van der Waals surface area contributed by atoms with Crippen LogP contribution in [0.25, 0.3) is 0 Å². The Morgan fingerprint density at radius 3 is 1.77 bits per heavy atom. The molecule has 132 valence electrons. The van der Waals surface area contributed by atoms with Crippen molar-refractivity contribution < 1.29 is 9.53 Å². The number of carbonyl (C=O) groups is 1. The predicted octanol–water partition coefficient (Wildman–Crippen LogP) is 6.64. The van der Waals surface area contributed by atoms with Crippen molar-refractivity contribution in [1.82, 2.24) is 0 Å². The number of hydrogen-bond acceptors (Lipinski definition) is 2. The zero-order chi connectivity index (χ0) is 16.5. The second kappa shape index (κ2) is 17.1. The van der Waals surface area contributed by atoms with Gasteiger partial charge in [-0.3, -0.25) is 4.79 Å². The van der Waals surface area contributed by atoms with Crippen molar-refractivity contribution in [3.05, 3.63) is 0 Å². The Hall–Kier alpha value is -0.240. The van der Waals surface area contributed by atoms with E-state index in [0.29, 0.717) is 11.8 Å². The number of carbonyl (C=O) groups excluding carboxylic acids is 1. The van der Waals surface area contributed by atoms with Crippen molar-refractivity contribution in [3.8, 4) is 0 Å². The van der Waals surface area contributed by atoms with E-state index < -0.39 is 0 Å². The highest BCUT2D eigenvalue weighted by Crippen LogP contribution is 2.18. The van der Waals surface area contributed by atoms with Crippen molar-refractivity contribution in [3.63, 3.8) is 0 Å². The monoisotopic (exact) mass is 332 g/mol. The van der Waals surface area contributed by atoms with Gasteiger partial charge in [0.15, 0.2) is 0 Å². The lowest BCUT2D eigenvalue weighted by Crippen LogP contribution is -2.00. The maximum absolute atomic E-state index is 10.9. The fourth-order valence-electron chi connectivity index (χ4n) is 2.73. The second-order valence-corrected chi connectivity index (χ2v) is 7.01. The van der Waals surface area contributed by atoms with Gasteiger partial charge in [0.2, 0.25) is 0 Å². The van der Waals surface area contributed by atoms with Crippen LogP contribution in [-0.4, -0.2) is 18.5 Å². The van der Waals surface area contributed by atoms with Gasteiger partial charge in [-0.05, 0) is 19.3 Å². The molecule has 0 aromatic carbocycles. The zero-order valence-corrected chi connectivity index (χ0v) is 15.6. The summed E-state index contributed by atoms with van der Waals surface area (Å²) in [5.74, 6) is -0.0875. The molecule has 0 heterocycles. The molecule has 0 aromatic heterocycles. The molecule has 0 amide bonds. The van der Waals surface area contributed by atoms with Gasteiger partial charge in [-0.25, -0.2) is 0 Å². The lowest BCUT2D eigenvalue weighted by molar-refractivity contribution is -0.140. The summed E-state index contributed by atoms with van der Waals surface area (Å²) in [6, 6.07) is 0. The Labute approximate surface area is 143 Å². The molecule has 0 bridgehead atoms. The van der Waals surface area contributed by atoms with Crippen LogP contribution in [0.5, 0.6) is 0 Å². The molecular formula is C19H37ClO2. The minimum Gasteiger partial charge on any atom is -0.469 e. The van der Waals surface area contributed by atoms with Gasteiger partial charge < -0.3 is 4.74 Å². The molecule has 0 saturated heterocycles. The Morgan fingerprint density at radius 2 is 1.27 bits per heavy atom. The summed E-state index contributed by atoms with van der Waals surface area (Å²) in [6.07, 6.45) is 18.2. The highest BCUT2D eigenvalue weighted by molar-refractivity contribution is 6.20. The first-order valence-electron chi connectivity index (χ1n) is 9.41. The number of unbranched alkanes of at least 4 members (excludes halogenated alkanes) is 10. The van der Waals surface area contributed by atoms with Crippen molar-refractivity contribution in [2.24, 2.45) is 0 Å². The molecule has 22 heavy (non-hydrogen) atoms. The Kier molecular flexibility index (Phi) is 16.9. The van der Waals surface area contributed by atoms with Crippen LogP contribution in [0, 0.1) is 0 Å². The molecule has 2 nitrogen and oxygen atoms in total. The van der Waals surface area contributed by atoms with Gasteiger partial charge in [0, 0.05) is 11.8 Å². The van der Waals surface area contributed by atoms with Crippen molar-refractivity contribution >= 4 is 17.6 Å². The summed E-state index contributed by atoms with van der Waals surface area (Å²) in [4.78, 5) is 10.9. The van der Waals surface area contributed by atoms with E-state index in [1.807, 2.05) is 0 Å². The molecule has 0 aliphatic rings. The topological polar surface area (TPSA) is 26.3 Å². The van der Waals surface area contributed by atoms with Crippen LogP contribution >= 0.6 is 11.6 Å². The summed E-state index contributed by atoms with van der Waals surface area (Å²) in [5.41, 5.74) is 0. The normalized spacial score (nSPS) is 12.3. The molecule has 0 aliphatic heterocycles. The standard InChI is InChI=1S/C19H37ClO2/c1-3-4-5-6-7-9-12-15-18(20)16-13-10-8-11-14-17-19(21)22-2/h18H,3-17H2,1-2H3. The molecule has 0 saturated carbocycles. The Bertz CT molecular complexity index is 244. The number of ether oxygens (including phenoxy) is 1. The third-order valence-electron chi connectivity index (χ3n) is 4.25. The second-order valence-electron chi connectivity index (χ2n) is 6.39. The molecule has 0 N–H and O–H groups in total. The minimum absolute atomic E-state index is 0.0875. The summed E-state index contributed by atoms with van der Waals surface area (Å²) in [7, 11) is 1.45. The zero-order valence-electron chi connectivity index (χ0n) is 14.9. The van der Waals surface area contributed by atoms with E-state index in [2.05, 4.69) is 11.7 Å². The van der Waals surface area contributed by atoms with Crippen molar-refractivity contribution in [1.29, 1.82) is 0 Å². The molecule has 0 rings (SSSR count). The summed E-state index contributed by atoms with van der Waals surface area (Å²) in [5, 5.41) is 0.366. The first kappa shape index (κ1) is 21.8. The summed E-state index contributed by atoms with van der Waals surface area (Å²) in [6.45, 7) is 2.26. The van der Waals surface area contributed by atoms with Crippen LogP contribution < -0.4 is 0 Å². The Balaban J connectivity index is 3.19. The van der Waals surface area contributed by atoms with E-state index in [0.717, 1.165) is 19.3 Å². The number of esters is 1. The number of hydrogen-bond donors (Lipinski definition) is 0. The number of methoxy groups -OCH3 is 1. The van der Waals surface area contributed by atoms with Crippen LogP contribution in [0.4, 0.5) is 0 Å². The molecule has 0 spiro atoms. The highest BCUT2D eigenvalue weighted by atomic mass is 35.5. The fraction of sp³-hybridized carbons (Fsp3) is 0.947. The number of alkyl halides is 1. The van der Waals surface area contributed by atoms with E-state index in [1.165, 1.54) is 77.7 Å². The first-order valence-corrected chi connectivity index (χ1v) is 9.85. The molecule has 0 fully saturated rings. The molecule has 1 unspecified atom stereocenters. The van der Waals surface area contributed by atoms with Crippen LogP contribution in [-0.2, 0) is 9.53 Å². The molecular weight excluding hydrogens is 296 g/mol. The van der Waals surface area contributed by atoms with Gasteiger partial charge >= 0.3 is 5.97 Å². The van der Waals surface area contributed by atoms with Gasteiger partial charge in [-0.1, -0.05) is 77.6 Å². The lowest BCUT2D eigenvalue weighted by Gasteiger charge is -2.09. The van der Waals surface area contributed by atoms with Gasteiger partial charge in [0.25, 0.3) is 0 Å². The van der Waals surface area contributed by atoms with E-state index in [-0.39, 0.29) is 5.97 Å². The van der Waals surface area contributed by atoms with E-state index in [1.54, 1.807) is 0 Å². The summed E-state index contributed by atoms with van der Waals surface area (Å²) < 4.78 is 4.63. The molecule has 0 aliphatic carbocycles. The van der Waals surface area contributed by atoms with Crippen molar-refractivity contribution in [2.75, 3.05) is 7.11 Å². The van der Waals surface area contributed by atoms with Crippen LogP contribution in [0.1, 0.15) is 103 Å². The SMILES string of the molecule is CCCCCCCCCC(Cl)CCCCCCCC(=O)OC. The average Bonchev–Trinajstić information content (AvgIpc) is 2.52. The average molecular weight is 333 g/mol. The van der Waals surface area contributed by atoms with E-state index in [4.69, 9.17) is 11.6 Å². The van der Waals surface area contributed by atoms with Gasteiger partial charge in [0.05, 0.1) is 7.11 Å². The Morgan fingerprint density at radius 1 is 0.818 bits per heavy atom. The maximum atomic E-state index is 10.9. The van der Waals surface area contributed by atoms with Crippen LogP contribution in [0.3, 0.4) is 0 Å². The summed E-state index contributed by atoms with van der Waals surface area (Å²) >= 11 is 6.38. The van der Waals surface area contributed by atoms with E-state index >= 15 is 0 Å². The first-order chi connectivity index (χ1) is 10.7. The quantitative estimate of drug-likeness (QED) is 0.180. The smallest absolute Gasteiger partial charge is 0.305 e. The predicted molar refractivity (Wildman–Crippen MR) is 96.6 cm³/mol. The van der Waals surface area contributed by atoms with Gasteiger partial charge in [-0.15, -0.1) is 11.6 Å². The molecule has 0 radical (unpaired) electrons. The van der Waals surface area contributed by atoms with Crippen LogP contribution in [0.15, 0.2) is 0 Å². The number of rotatable bonds is 16. The van der Waals surface area contributed by atoms with Gasteiger partial charge in [0.1, 0.15) is 0 Å². The fourth-order valence-corrected chi connectivity index (χ4v) is 3.04. The maximum Gasteiger partial charge on any atom is 0.305 e. The number of halogens is 1. The minimum atomic E-state index is -0.0875. The lowest BCUT2D eigenvalue weighted by atomic mass is 10.0. The van der Waals surface area contributed by atoms with Crippen LogP contribution in [0.2, 0.25) is 0 Å². The molecule has 1 atom stereocenters. The highest BCUT2D eigenvalue weighted by Gasteiger charge is 2.04. The third kappa shape index (κ3) is 16.1. The van der Waals surface area contributed by atoms with E-state index in [9.17, 15) is 4.79 Å². The molecule has 3 heteroatoms. The largest absolute Gasteiger partial charge is 0.469 e. The van der Waals surface area contributed by atoms with Crippen molar-refractivity contribution in [2.45, 2.75) is 109 Å². The molecule has 0 aromatic rings. The van der Waals surface area contributed by atoms with Gasteiger partial charge in [-0.2, -0.15) is 0 Å². The third-order valence-corrected chi connectivity index (χ3v) is 4.68.